The first-order valence-electron chi connectivity index (χ1n) is 9.98. The highest BCUT2D eigenvalue weighted by atomic mass is 16.5. The van der Waals surface area contributed by atoms with E-state index < -0.39 is 5.97 Å². The highest BCUT2D eigenvalue weighted by Crippen LogP contribution is 2.22. The maximum atomic E-state index is 12.8. The van der Waals surface area contributed by atoms with Crippen LogP contribution in [0.3, 0.4) is 0 Å². The van der Waals surface area contributed by atoms with E-state index in [1.54, 1.807) is 10.9 Å². The summed E-state index contributed by atoms with van der Waals surface area (Å²) in [4.78, 5) is 17.3. The van der Waals surface area contributed by atoms with E-state index in [1.807, 2.05) is 89.5 Å². The number of hydrogen-bond donors (Lipinski definition) is 0. The molecule has 0 aliphatic carbocycles. The number of aromatic nitrogens is 4. The minimum Gasteiger partial charge on any atom is -0.455 e. The summed E-state index contributed by atoms with van der Waals surface area (Å²) < 4.78 is 8.94. The lowest BCUT2D eigenvalue weighted by atomic mass is 10.2. The number of ether oxygens (including phenoxy) is 1. The van der Waals surface area contributed by atoms with Gasteiger partial charge in [-0.3, -0.25) is 0 Å². The first-order chi connectivity index (χ1) is 15.7. The molecule has 7 nitrogen and oxygen atoms in total. The summed E-state index contributed by atoms with van der Waals surface area (Å²) in [5.41, 5.74) is 3.47. The molecule has 0 unspecified atom stereocenters. The van der Waals surface area contributed by atoms with Gasteiger partial charge in [0.2, 0.25) is 0 Å². The molecule has 0 saturated carbocycles. The molecule has 0 N–H and O–H groups in total. The molecule has 0 atom stereocenters. The number of fused-ring (bicyclic) bond motifs is 1. The Labute approximate surface area is 183 Å². The molecule has 0 bridgehead atoms. The van der Waals surface area contributed by atoms with Gasteiger partial charge >= 0.3 is 5.97 Å². The van der Waals surface area contributed by atoms with Crippen LogP contribution in [0.1, 0.15) is 21.7 Å². The molecular weight excluding hydrogens is 402 g/mol. The Kier molecular flexibility index (Phi) is 4.94. The van der Waals surface area contributed by atoms with Crippen LogP contribution in [0.5, 0.6) is 0 Å². The fourth-order valence-electron chi connectivity index (χ4n) is 3.55. The number of hydrogen-bond acceptors (Lipinski definition) is 5. The Morgan fingerprint density at radius 3 is 2.44 bits per heavy atom. The third kappa shape index (κ3) is 3.50. The van der Waals surface area contributed by atoms with Crippen molar-refractivity contribution in [3.05, 3.63) is 108 Å². The van der Waals surface area contributed by atoms with Gasteiger partial charge in [-0.2, -0.15) is 5.26 Å². The Morgan fingerprint density at radius 2 is 1.69 bits per heavy atom. The minimum absolute atomic E-state index is 0.0463. The smallest absolute Gasteiger partial charge is 0.378 e. The molecule has 154 valence electrons. The van der Waals surface area contributed by atoms with E-state index in [9.17, 15) is 10.1 Å². The highest BCUT2D eigenvalue weighted by Gasteiger charge is 2.21. The van der Waals surface area contributed by atoms with Gasteiger partial charge in [-0.25, -0.2) is 14.5 Å². The monoisotopic (exact) mass is 419 g/mol. The summed E-state index contributed by atoms with van der Waals surface area (Å²) in [6, 6.07) is 26.8. The molecule has 5 aromatic rings. The quantitative estimate of drug-likeness (QED) is 0.394. The lowest BCUT2D eigenvalue weighted by Crippen LogP contribution is -2.08. The normalized spacial score (nSPS) is 10.7. The van der Waals surface area contributed by atoms with Crippen LogP contribution in [0.25, 0.3) is 22.6 Å². The van der Waals surface area contributed by atoms with Crippen molar-refractivity contribution >= 4 is 11.5 Å². The molecular formula is C25H17N5O2. The summed E-state index contributed by atoms with van der Waals surface area (Å²) in [5, 5.41) is 14.0. The molecule has 3 heterocycles. The second-order valence-electron chi connectivity index (χ2n) is 7.08. The number of nitrogens with zero attached hydrogens (tertiary/aromatic N) is 5. The van der Waals surface area contributed by atoms with E-state index in [-0.39, 0.29) is 12.4 Å². The molecule has 3 aromatic heterocycles. The van der Waals surface area contributed by atoms with Crippen LogP contribution in [0, 0.1) is 11.3 Å². The average molecular weight is 419 g/mol. The second kappa shape index (κ2) is 8.20. The predicted molar refractivity (Wildman–Crippen MR) is 118 cm³/mol. The van der Waals surface area contributed by atoms with E-state index in [1.165, 1.54) is 0 Å². The van der Waals surface area contributed by atoms with Crippen molar-refractivity contribution in [2.45, 2.75) is 6.61 Å². The van der Waals surface area contributed by atoms with Crippen molar-refractivity contribution in [1.82, 2.24) is 19.2 Å². The van der Waals surface area contributed by atoms with Gasteiger partial charge in [-0.15, -0.1) is 5.10 Å². The third-order valence-corrected chi connectivity index (χ3v) is 5.06. The van der Waals surface area contributed by atoms with Gasteiger partial charge in [0, 0.05) is 23.5 Å². The van der Waals surface area contributed by atoms with Crippen molar-refractivity contribution in [2.75, 3.05) is 0 Å². The van der Waals surface area contributed by atoms with E-state index in [2.05, 4.69) is 16.2 Å². The fraction of sp³-hybridized carbons (Fsp3) is 0.0400. The van der Waals surface area contributed by atoms with Crippen molar-refractivity contribution < 1.29 is 9.53 Å². The van der Waals surface area contributed by atoms with E-state index in [0.717, 1.165) is 16.8 Å². The second-order valence-corrected chi connectivity index (χ2v) is 7.08. The summed E-state index contributed by atoms with van der Waals surface area (Å²) in [5.74, 6) is -0.165. The molecule has 0 spiro atoms. The molecule has 32 heavy (non-hydrogen) atoms. The van der Waals surface area contributed by atoms with E-state index >= 15 is 0 Å². The van der Waals surface area contributed by atoms with Crippen molar-refractivity contribution in [1.29, 1.82) is 5.26 Å². The largest absolute Gasteiger partial charge is 0.455 e. The first kappa shape index (κ1) is 19.3. The van der Waals surface area contributed by atoms with Gasteiger partial charge in [0.05, 0.1) is 16.8 Å². The van der Waals surface area contributed by atoms with Gasteiger partial charge in [-0.05, 0) is 24.3 Å². The van der Waals surface area contributed by atoms with Crippen molar-refractivity contribution in [2.24, 2.45) is 0 Å². The van der Waals surface area contributed by atoms with Crippen LogP contribution in [-0.2, 0) is 11.3 Å². The van der Waals surface area contributed by atoms with Gasteiger partial charge in [-0.1, -0.05) is 54.6 Å². The van der Waals surface area contributed by atoms with E-state index in [4.69, 9.17) is 4.74 Å². The number of pyridine rings is 1. The van der Waals surface area contributed by atoms with Crippen LogP contribution >= 0.6 is 0 Å². The van der Waals surface area contributed by atoms with Crippen molar-refractivity contribution in [3.8, 4) is 23.1 Å². The fourth-order valence-corrected chi connectivity index (χ4v) is 3.55. The maximum absolute atomic E-state index is 12.8. The van der Waals surface area contributed by atoms with Crippen LogP contribution in [0.15, 0.2) is 91.3 Å². The molecule has 0 radical (unpaired) electrons. The number of benzene rings is 2. The summed E-state index contributed by atoms with van der Waals surface area (Å²) in [7, 11) is 0. The summed E-state index contributed by atoms with van der Waals surface area (Å²) in [6.07, 6.45) is 3.63. The zero-order chi connectivity index (χ0) is 21.9. The molecule has 2 aromatic carbocycles. The minimum atomic E-state index is -0.656. The zero-order valence-electron chi connectivity index (χ0n) is 16.9. The van der Waals surface area contributed by atoms with Gasteiger partial charge < -0.3 is 9.14 Å². The first-order valence-corrected chi connectivity index (χ1v) is 9.98. The number of para-hydroxylation sites is 1. The number of esters is 1. The Balaban J connectivity index is 1.46. The SMILES string of the molecule is N#Cc1c(COC(=O)c2nc(-c3ccccc3)n(-c3ccccc3)n2)cn2ccccc12. The zero-order valence-corrected chi connectivity index (χ0v) is 16.9. The summed E-state index contributed by atoms with van der Waals surface area (Å²) in [6.45, 7) is -0.0516. The lowest BCUT2D eigenvalue weighted by Gasteiger charge is -2.05. The van der Waals surface area contributed by atoms with Gasteiger partial charge in [0.15, 0.2) is 5.82 Å². The average Bonchev–Trinajstić information content (AvgIpc) is 3.45. The molecule has 0 aliphatic heterocycles. The standard InChI is InChI=1S/C25H17N5O2/c26-15-21-19(16-29-14-8-7-13-22(21)29)17-32-25(31)23-27-24(18-9-3-1-4-10-18)30(28-23)20-11-5-2-6-12-20/h1-14,16H,17H2. The number of carbonyl (C=O) groups is 1. The molecule has 0 aliphatic rings. The van der Waals surface area contributed by atoms with Gasteiger partial charge in [0.1, 0.15) is 12.7 Å². The van der Waals surface area contributed by atoms with Crippen LogP contribution in [0.4, 0.5) is 0 Å². The molecule has 7 heteroatoms. The molecule has 5 rings (SSSR count). The van der Waals surface area contributed by atoms with Crippen LogP contribution in [0.2, 0.25) is 0 Å². The third-order valence-electron chi connectivity index (χ3n) is 5.06. The van der Waals surface area contributed by atoms with Crippen LogP contribution in [-0.4, -0.2) is 25.1 Å². The lowest BCUT2D eigenvalue weighted by molar-refractivity contribution is 0.0458. The number of carbonyl (C=O) groups excluding carboxylic acids is 1. The predicted octanol–water partition coefficient (Wildman–Crippen LogP) is 4.42. The maximum Gasteiger partial charge on any atom is 0.378 e. The molecule has 0 amide bonds. The van der Waals surface area contributed by atoms with E-state index in [0.29, 0.717) is 17.0 Å². The summed E-state index contributed by atoms with van der Waals surface area (Å²) >= 11 is 0. The Bertz CT molecular complexity index is 1390. The highest BCUT2D eigenvalue weighted by molar-refractivity contribution is 5.86. The number of nitriles is 1. The van der Waals surface area contributed by atoms with Crippen molar-refractivity contribution in [3.63, 3.8) is 0 Å². The van der Waals surface area contributed by atoms with Crippen LogP contribution < -0.4 is 0 Å². The molecule has 0 fully saturated rings. The molecule has 0 saturated heterocycles. The Morgan fingerprint density at radius 1 is 0.969 bits per heavy atom. The Hall–Kier alpha value is -4.70. The topological polar surface area (TPSA) is 85.2 Å². The number of rotatable bonds is 5. The van der Waals surface area contributed by atoms with Gasteiger partial charge in [0.25, 0.3) is 5.82 Å².